The first-order valence-electron chi connectivity index (χ1n) is 7.92. The summed E-state index contributed by atoms with van der Waals surface area (Å²) in [4.78, 5) is 25.1. The Hall–Kier alpha value is -0.820. The third kappa shape index (κ3) is 12.3. The molecule has 0 aliphatic heterocycles. The second-order valence-electron chi connectivity index (χ2n) is 5.38. The lowest BCUT2D eigenvalue weighted by Gasteiger charge is -2.18. The van der Waals surface area contributed by atoms with Crippen molar-refractivity contribution in [1.29, 1.82) is 0 Å². The third-order valence-electron chi connectivity index (χ3n) is 3.20. The maximum Gasteiger partial charge on any atom is 0.306 e. The minimum atomic E-state index is -0.981. The maximum atomic E-state index is 11.4. The lowest BCUT2D eigenvalue weighted by Crippen LogP contribution is -2.12. The second kappa shape index (κ2) is 13.6. The first kappa shape index (κ1) is 22.2. The molecule has 0 bridgehead atoms. The molecular weight excluding hydrogens is 334 g/mol. The summed E-state index contributed by atoms with van der Waals surface area (Å²) in [6, 6.07) is 0. The van der Waals surface area contributed by atoms with Crippen molar-refractivity contribution in [1.82, 2.24) is 4.90 Å². The summed E-state index contributed by atoms with van der Waals surface area (Å²) in [6.45, 7) is 4.54. The normalized spacial score (nSPS) is 11.8. The highest BCUT2D eigenvalue weighted by molar-refractivity contribution is 8.78. The number of allylic oxidation sites excluding steroid dienone is 1. The van der Waals surface area contributed by atoms with E-state index in [-0.39, 0.29) is 12.8 Å². The van der Waals surface area contributed by atoms with E-state index in [1.165, 1.54) is 29.9 Å². The average Bonchev–Trinajstić information content (AvgIpc) is 2.50. The van der Waals surface area contributed by atoms with Gasteiger partial charge in [-0.3, -0.25) is 9.59 Å². The number of unbranched alkanes of at least 4 members (excludes halogenated alkanes) is 2. The fraction of sp³-hybridized carbons (Fsp3) is 0.750. The molecule has 7 heteroatoms. The maximum absolute atomic E-state index is 11.4. The smallest absolute Gasteiger partial charge is 0.306 e. The molecule has 0 spiro atoms. The summed E-state index contributed by atoms with van der Waals surface area (Å²) in [5.41, 5.74) is 1.17. The number of rotatable bonds is 13. The van der Waals surface area contributed by atoms with Crippen LogP contribution >= 0.6 is 21.6 Å². The minimum Gasteiger partial charge on any atom is -0.481 e. The zero-order valence-electron chi connectivity index (χ0n) is 14.6. The van der Waals surface area contributed by atoms with Gasteiger partial charge in [0, 0.05) is 36.9 Å². The van der Waals surface area contributed by atoms with Gasteiger partial charge in [0.2, 0.25) is 0 Å². The van der Waals surface area contributed by atoms with Gasteiger partial charge in [0.25, 0.3) is 0 Å². The monoisotopic (exact) mass is 363 g/mol. The molecular formula is C16H29NO4S2. The van der Waals surface area contributed by atoms with Crippen molar-refractivity contribution in [2.24, 2.45) is 0 Å². The molecule has 0 fully saturated rings. The van der Waals surface area contributed by atoms with E-state index >= 15 is 0 Å². The highest BCUT2D eigenvalue weighted by Crippen LogP contribution is 2.35. The van der Waals surface area contributed by atoms with Gasteiger partial charge in [0.05, 0.1) is 19.4 Å². The standard InChI is InChI=1S/C16H29NO4S2/c1-5-6-7-12-22-23-14(13(2)17(3)4)10-11-21-16(20)9-8-15(18)19/h5-12H2,1-4H3,(H,18,19)/b14-13-. The number of hydrogen-bond donors (Lipinski definition) is 1. The van der Waals surface area contributed by atoms with Crippen LogP contribution in [0.1, 0.15) is 52.4 Å². The Labute approximate surface area is 147 Å². The quantitative estimate of drug-likeness (QED) is 0.299. The van der Waals surface area contributed by atoms with E-state index in [1.54, 1.807) is 10.8 Å². The van der Waals surface area contributed by atoms with Gasteiger partial charge in [-0.05, 0) is 13.3 Å². The van der Waals surface area contributed by atoms with Crippen molar-refractivity contribution < 1.29 is 19.4 Å². The van der Waals surface area contributed by atoms with Gasteiger partial charge in [-0.2, -0.15) is 0 Å². The largest absolute Gasteiger partial charge is 0.481 e. The Bertz CT molecular complexity index is 398. The van der Waals surface area contributed by atoms with Gasteiger partial charge < -0.3 is 14.7 Å². The Morgan fingerprint density at radius 3 is 2.39 bits per heavy atom. The summed E-state index contributed by atoms with van der Waals surface area (Å²) in [7, 11) is 7.57. The van der Waals surface area contributed by atoms with Crippen LogP contribution in [0.5, 0.6) is 0 Å². The Balaban J connectivity index is 4.25. The number of carboxylic acids is 1. The fourth-order valence-electron chi connectivity index (χ4n) is 1.59. The van der Waals surface area contributed by atoms with Crippen LogP contribution in [0.2, 0.25) is 0 Å². The average molecular weight is 364 g/mol. The van der Waals surface area contributed by atoms with E-state index in [0.29, 0.717) is 13.0 Å². The van der Waals surface area contributed by atoms with Crippen molar-refractivity contribution in [3.8, 4) is 0 Å². The van der Waals surface area contributed by atoms with E-state index in [2.05, 4.69) is 18.7 Å². The lowest BCUT2D eigenvalue weighted by atomic mass is 10.3. The fourth-order valence-corrected chi connectivity index (χ4v) is 4.25. The summed E-state index contributed by atoms with van der Waals surface area (Å²) >= 11 is 0. The van der Waals surface area contributed by atoms with Crippen molar-refractivity contribution in [3.05, 3.63) is 10.6 Å². The number of carbonyl (C=O) groups excluding carboxylic acids is 1. The summed E-state index contributed by atoms with van der Waals surface area (Å²) in [5.74, 6) is -0.318. The predicted molar refractivity (Wildman–Crippen MR) is 98.4 cm³/mol. The number of esters is 1. The van der Waals surface area contributed by atoms with Crippen LogP contribution in [-0.4, -0.2) is 48.4 Å². The van der Waals surface area contributed by atoms with Gasteiger partial charge in [0.15, 0.2) is 0 Å². The molecule has 0 saturated heterocycles. The van der Waals surface area contributed by atoms with Crippen LogP contribution in [0.15, 0.2) is 10.6 Å². The lowest BCUT2D eigenvalue weighted by molar-refractivity contribution is -0.147. The van der Waals surface area contributed by atoms with E-state index < -0.39 is 11.9 Å². The minimum absolute atomic E-state index is 0.0695. The van der Waals surface area contributed by atoms with E-state index in [9.17, 15) is 9.59 Å². The van der Waals surface area contributed by atoms with Crippen LogP contribution in [-0.2, 0) is 14.3 Å². The van der Waals surface area contributed by atoms with E-state index in [0.717, 1.165) is 5.75 Å². The number of aliphatic carboxylic acids is 1. The zero-order valence-corrected chi connectivity index (χ0v) is 16.2. The number of nitrogens with zero attached hydrogens (tertiary/aromatic N) is 1. The van der Waals surface area contributed by atoms with Gasteiger partial charge in [-0.15, -0.1) is 0 Å². The van der Waals surface area contributed by atoms with Gasteiger partial charge >= 0.3 is 11.9 Å². The first-order chi connectivity index (χ1) is 10.9. The Morgan fingerprint density at radius 1 is 1.13 bits per heavy atom. The topological polar surface area (TPSA) is 66.8 Å². The molecule has 0 aromatic rings. The van der Waals surface area contributed by atoms with Crippen molar-refractivity contribution >= 4 is 33.5 Å². The number of carboxylic acid groups (broad SMARTS) is 1. The van der Waals surface area contributed by atoms with Crippen LogP contribution < -0.4 is 0 Å². The van der Waals surface area contributed by atoms with Crippen LogP contribution in [0.25, 0.3) is 0 Å². The molecule has 23 heavy (non-hydrogen) atoms. The molecule has 0 radical (unpaired) electrons. The highest BCUT2D eigenvalue weighted by atomic mass is 33.1. The molecule has 0 aromatic heterocycles. The molecule has 0 heterocycles. The van der Waals surface area contributed by atoms with Gasteiger partial charge in [0.1, 0.15) is 0 Å². The van der Waals surface area contributed by atoms with Crippen molar-refractivity contribution in [2.45, 2.75) is 52.4 Å². The zero-order chi connectivity index (χ0) is 17.7. The van der Waals surface area contributed by atoms with Crippen molar-refractivity contribution in [3.63, 3.8) is 0 Å². The molecule has 5 nitrogen and oxygen atoms in total. The van der Waals surface area contributed by atoms with Crippen LogP contribution in [0.3, 0.4) is 0 Å². The van der Waals surface area contributed by atoms with Gasteiger partial charge in [-0.1, -0.05) is 41.4 Å². The molecule has 0 amide bonds. The van der Waals surface area contributed by atoms with E-state index in [1.807, 2.05) is 24.9 Å². The third-order valence-corrected chi connectivity index (χ3v) is 5.93. The molecule has 0 saturated carbocycles. The molecule has 134 valence electrons. The second-order valence-corrected chi connectivity index (χ2v) is 7.89. The Morgan fingerprint density at radius 2 is 1.83 bits per heavy atom. The first-order valence-corrected chi connectivity index (χ1v) is 10.2. The Kier molecular flexibility index (Phi) is 13.1. The van der Waals surface area contributed by atoms with E-state index in [4.69, 9.17) is 9.84 Å². The number of ether oxygens (including phenoxy) is 1. The van der Waals surface area contributed by atoms with Gasteiger partial charge in [-0.25, -0.2) is 0 Å². The molecule has 0 aliphatic carbocycles. The molecule has 0 atom stereocenters. The molecule has 0 rings (SSSR count). The summed E-state index contributed by atoms with van der Waals surface area (Å²) in [5, 5.41) is 8.54. The van der Waals surface area contributed by atoms with Crippen LogP contribution in [0, 0.1) is 0 Å². The number of carbonyl (C=O) groups is 2. The highest BCUT2D eigenvalue weighted by Gasteiger charge is 2.10. The molecule has 0 aliphatic rings. The number of hydrogen-bond acceptors (Lipinski definition) is 6. The molecule has 0 unspecified atom stereocenters. The summed E-state index contributed by atoms with van der Waals surface area (Å²) in [6.07, 6.45) is 4.10. The summed E-state index contributed by atoms with van der Waals surface area (Å²) < 4.78 is 5.12. The molecule has 0 aromatic carbocycles. The van der Waals surface area contributed by atoms with Crippen molar-refractivity contribution in [2.75, 3.05) is 26.5 Å². The SMILES string of the molecule is CCCCCSS/C(CCOC(=O)CCC(=O)O)=C(/C)N(C)C. The molecule has 1 N–H and O–H groups in total. The predicted octanol–water partition coefficient (Wildman–Crippen LogP) is 4.15. The van der Waals surface area contributed by atoms with Crippen LogP contribution in [0.4, 0.5) is 0 Å².